The highest BCUT2D eigenvalue weighted by Crippen LogP contribution is 2.20. The maximum Gasteiger partial charge on any atom is 0.278 e. The number of rotatable bonds is 3. The van der Waals surface area contributed by atoms with Crippen LogP contribution in [0, 0.1) is 10.1 Å². The Morgan fingerprint density at radius 1 is 1.69 bits per heavy atom. The summed E-state index contributed by atoms with van der Waals surface area (Å²) in [6, 6.07) is 4.15. The van der Waals surface area contributed by atoms with Gasteiger partial charge in [-0.1, -0.05) is 11.6 Å². The van der Waals surface area contributed by atoms with E-state index >= 15 is 0 Å². The molecule has 1 aromatic rings. The van der Waals surface area contributed by atoms with Gasteiger partial charge in [-0.3, -0.25) is 15.5 Å². The molecule has 3 N–H and O–H groups in total. The number of nitrogens with zero attached hydrogens (tertiary/aromatic N) is 2. The number of benzene rings is 1. The number of hydrogen-bond donors (Lipinski definition) is 2. The zero-order chi connectivity index (χ0) is 12.1. The summed E-state index contributed by atoms with van der Waals surface area (Å²) in [5.74, 6) is 0. The lowest BCUT2D eigenvalue weighted by Crippen LogP contribution is -2.24. The number of hydrogen-bond acceptors (Lipinski definition) is 4. The summed E-state index contributed by atoms with van der Waals surface area (Å²) >= 11 is 10.2. The Kier molecular flexibility index (Phi) is 4.15. The smallest absolute Gasteiger partial charge is 0.278 e. The minimum absolute atomic E-state index is 0.0269. The second-order valence-electron chi connectivity index (χ2n) is 2.69. The fourth-order valence-corrected chi connectivity index (χ4v) is 1.19. The van der Waals surface area contributed by atoms with Crippen LogP contribution in [0.2, 0.25) is 5.02 Å². The van der Waals surface area contributed by atoms with Gasteiger partial charge in [-0.2, -0.15) is 5.10 Å². The standard InChI is InChI=1S/C8H7ClN4O2S/c9-6-1-2-7(13(14)15)5(3-6)4-11-12-8(10)16/h1-4H,(H3,10,12,16)/b11-4-. The summed E-state index contributed by atoms with van der Waals surface area (Å²) in [6.07, 6.45) is 1.23. The van der Waals surface area contributed by atoms with Crippen molar-refractivity contribution in [3.63, 3.8) is 0 Å². The molecule has 0 aliphatic rings. The van der Waals surface area contributed by atoms with E-state index in [-0.39, 0.29) is 16.4 Å². The number of nitrogens with one attached hydrogen (secondary N) is 1. The molecule has 0 saturated heterocycles. The molecule has 1 aromatic carbocycles. The zero-order valence-electron chi connectivity index (χ0n) is 7.88. The molecule has 0 aliphatic heterocycles. The third kappa shape index (κ3) is 3.44. The van der Waals surface area contributed by atoms with Crippen LogP contribution in [0.5, 0.6) is 0 Å². The minimum Gasteiger partial charge on any atom is -0.375 e. The van der Waals surface area contributed by atoms with Gasteiger partial charge in [0.15, 0.2) is 5.11 Å². The molecule has 16 heavy (non-hydrogen) atoms. The molecule has 0 aliphatic carbocycles. The summed E-state index contributed by atoms with van der Waals surface area (Å²) in [6.45, 7) is 0. The van der Waals surface area contributed by atoms with Gasteiger partial charge in [-0.25, -0.2) is 0 Å². The molecule has 8 heteroatoms. The van der Waals surface area contributed by atoms with Crippen molar-refractivity contribution in [2.45, 2.75) is 0 Å². The van der Waals surface area contributed by atoms with Crippen molar-refractivity contribution in [3.05, 3.63) is 38.9 Å². The summed E-state index contributed by atoms with van der Waals surface area (Å²) in [5.41, 5.74) is 7.59. The van der Waals surface area contributed by atoms with Crippen LogP contribution in [-0.4, -0.2) is 16.3 Å². The van der Waals surface area contributed by atoms with E-state index in [0.717, 1.165) is 0 Å². The average molecular weight is 259 g/mol. The summed E-state index contributed by atoms with van der Waals surface area (Å²) < 4.78 is 0. The Labute approximate surface area is 101 Å². The lowest BCUT2D eigenvalue weighted by Gasteiger charge is -1.98. The second kappa shape index (κ2) is 5.38. The van der Waals surface area contributed by atoms with Crippen LogP contribution in [-0.2, 0) is 0 Å². The molecule has 0 spiro atoms. The third-order valence-corrected chi connectivity index (χ3v) is 1.89. The third-order valence-electron chi connectivity index (χ3n) is 1.56. The molecule has 0 amide bonds. The largest absolute Gasteiger partial charge is 0.375 e. The minimum atomic E-state index is -0.529. The van der Waals surface area contributed by atoms with Crippen LogP contribution in [0.25, 0.3) is 0 Å². The van der Waals surface area contributed by atoms with Gasteiger partial charge < -0.3 is 5.73 Å². The van der Waals surface area contributed by atoms with E-state index in [1.807, 2.05) is 0 Å². The molecule has 0 aromatic heterocycles. The monoisotopic (exact) mass is 258 g/mol. The molecular weight excluding hydrogens is 252 g/mol. The van der Waals surface area contributed by atoms with Gasteiger partial charge in [0.05, 0.1) is 16.7 Å². The number of nitro benzene ring substituents is 1. The van der Waals surface area contributed by atoms with Gasteiger partial charge in [0.1, 0.15) is 0 Å². The van der Waals surface area contributed by atoms with E-state index in [1.165, 1.54) is 24.4 Å². The predicted octanol–water partition coefficient (Wildman–Crippen LogP) is 1.42. The quantitative estimate of drug-likeness (QED) is 0.370. The molecule has 0 bridgehead atoms. The highest BCUT2D eigenvalue weighted by atomic mass is 35.5. The van der Waals surface area contributed by atoms with Gasteiger partial charge in [-0.05, 0) is 24.4 Å². The topological polar surface area (TPSA) is 93.5 Å². The number of nitrogens with two attached hydrogens (primary N) is 1. The van der Waals surface area contributed by atoms with Gasteiger partial charge in [-0.15, -0.1) is 0 Å². The van der Waals surface area contributed by atoms with Crippen molar-refractivity contribution in [1.82, 2.24) is 5.43 Å². The Balaban J connectivity index is 3.01. The normalized spacial score (nSPS) is 10.3. The van der Waals surface area contributed by atoms with Crippen molar-refractivity contribution in [3.8, 4) is 0 Å². The highest BCUT2D eigenvalue weighted by molar-refractivity contribution is 7.80. The van der Waals surface area contributed by atoms with Crippen molar-refractivity contribution < 1.29 is 4.92 Å². The van der Waals surface area contributed by atoms with E-state index in [4.69, 9.17) is 17.3 Å². The molecule has 0 fully saturated rings. The summed E-state index contributed by atoms with van der Waals surface area (Å²) in [4.78, 5) is 10.1. The molecule has 0 unspecified atom stereocenters. The number of thiocarbonyl (C=S) groups is 1. The highest BCUT2D eigenvalue weighted by Gasteiger charge is 2.11. The SMILES string of the molecule is NC(=S)N/N=C\c1cc(Cl)ccc1[N+](=O)[O-]. The fraction of sp³-hybridized carbons (Fsp3) is 0. The first-order valence-electron chi connectivity index (χ1n) is 4.03. The summed E-state index contributed by atoms with van der Waals surface area (Å²) in [5, 5.41) is 14.6. The van der Waals surface area contributed by atoms with Gasteiger partial charge in [0.25, 0.3) is 5.69 Å². The van der Waals surface area contributed by atoms with E-state index < -0.39 is 4.92 Å². The van der Waals surface area contributed by atoms with Crippen LogP contribution >= 0.6 is 23.8 Å². The Bertz CT molecular complexity index is 463. The molecular formula is C8H7ClN4O2S. The molecule has 0 radical (unpaired) electrons. The van der Waals surface area contributed by atoms with Crippen molar-refractivity contribution in [2.24, 2.45) is 10.8 Å². The van der Waals surface area contributed by atoms with Crippen LogP contribution in [0.15, 0.2) is 23.3 Å². The Hall–Kier alpha value is -1.73. The van der Waals surface area contributed by atoms with Crippen LogP contribution in [0.4, 0.5) is 5.69 Å². The van der Waals surface area contributed by atoms with Crippen LogP contribution < -0.4 is 11.2 Å². The zero-order valence-corrected chi connectivity index (χ0v) is 9.46. The van der Waals surface area contributed by atoms with E-state index in [2.05, 4.69) is 22.7 Å². The van der Waals surface area contributed by atoms with E-state index in [1.54, 1.807) is 0 Å². The maximum atomic E-state index is 10.7. The summed E-state index contributed by atoms with van der Waals surface area (Å²) in [7, 11) is 0. The lowest BCUT2D eigenvalue weighted by molar-refractivity contribution is -0.385. The van der Waals surface area contributed by atoms with Crippen LogP contribution in [0.1, 0.15) is 5.56 Å². The van der Waals surface area contributed by atoms with Crippen LogP contribution in [0.3, 0.4) is 0 Å². The van der Waals surface area contributed by atoms with Crippen molar-refractivity contribution in [2.75, 3.05) is 0 Å². The van der Waals surface area contributed by atoms with E-state index in [0.29, 0.717) is 5.02 Å². The second-order valence-corrected chi connectivity index (χ2v) is 3.57. The number of hydrazone groups is 1. The molecule has 6 nitrogen and oxygen atoms in total. The molecule has 0 heterocycles. The van der Waals surface area contributed by atoms with Crippen molar-refractivity contribution in [1.29, 1.82) is 0 Å². The van der Waals surface area contributed by atoms with E-state index in [9.17, 15) is 10.1 Å². The molecule has 1 rings (SSSR count). The Morgan fingerprint density at radius 2 is 2.38 bits per heavy atom. The molecule has 84 valence electrons. The molecule has 0 saturated carbocycles. The first kappa shape index (κ1) is 12.3. The Morgan fingerprint density at radius 3 is 2.94 bits per heavy atom. The average Bonchev–Trinajstić information content (AvgIpc) is 2.16. The molecule has 0 atom stereocenters. The fourth-order valence-electron chi connectivity index (χ4n) is 0.960. The number of halogens is 1. The van der Waals surface area contributed by atoms with Gasteiger partial charge >= 0.3 is 0 Å². The first-order valence-corrected chi connectivity index (χ1v) is 4.82. The maximum absolute atomic E-state index is 10.7. The first-order chi connectivity index (χ1) is 7.50. The number of nitro groups is 1. The lowest BCUT2D eigenvalue weighted by atomic mass is 10.2. The predicted molar refractivity (Wildman–Crippen MR) is 65.6 cm³/mol. The van der Waals surface area contributed by atoms with Crippen molar-refractivity contribution >= 4 is 40.8 Å². The van der Waals surface area contributed by atoms with Gasteiger partial charge in [0, 0.05) is 11.1 Å². The van der Waals surface area contributed by atoms with Gasteiger partial charge in [0.2, 0.25) is 0 Å².